The van der Waals surface area contributed by atoms with Crippen molar-refractivity contribution in [3.8, 4) is 11.5 Å². The van der Waals surface area contributed by atoms with Crippen LogP contribution in [0.25, 0.3) is 28.6 Å². The minimum atomic E-state index is -0.370. The van der Waals surface area contributed by atoms with Gasteiger partial charge >= 0.3 is 0 Å². The number of anilines is 1. The maximum Gasteiger partial charge on any atom is 0.250 e. The molecule has 0 radical (unpaired) electrons. The molecule has 1 aromatic carbocycles. The van der Waals surface area contributed by atoms with Crippen molar-refractivity contribution in [3.05, 3.63) is 71.4 Å². The molecule has 0 bridgehead atoms. The predicted octanol–water partition coefficient (Wildman–Crippen LogP) is 4.77. The maximum absolute atomic E-state index is 11.9. The zero-order chi connectivity index (χ0) is 20.2. The summed E-state index contributed by atoms with van der Waals surface area (Å²) in [4.78, 5) is 20.5. The number of benzene rings is 1. The largest absolute Gasteiger partial charge is 0.465 e. The van der Waals surface area contributed by atoms with Crippen molar-refractivity contribution in [2.45, 2.75) is 0 Å². The van der Waals surface area contributed by atoms with Crippen LogP contribution in [0.2, 0.25) is 0 Å². The van der Waals surface area contributed by atoms with Crippen LogP contribution in [0, 0.1) is 0 Å². The molecule has 0 unspecified atom stereocenters. The maximum atomic E-state index is 11.9. The fourth-order valence-electron chi connectivity index (χ4n) is 2.52. The van der Waals surface area contributed by atoms with Gasteiger partial charge in [-0.2, -0.15) is 0 Å². The third-order valence-corrected chi connectivity index (χ3v) is 4.41. The third kappa shape index (κ3) is 4.76. The van der Waals surface area contributed by atoms with Crippen molar-refractivity contribution in [1.82, 2.24) is 15.3 Å². The van der Waals surface area contributed by atoms with Crippen LogP contribution in [0.4, 0.5) is 5.69 Å². The molecule has 1 amide bonds. The van der Waals surface area contributed by atoms with Gasteiger partial charge in [0.2, 0.25) is 11.8 Å². The van der Waals surface area contributed by atoms with Gasteiger partial charge in [-0.05, 0) is 70.6 Å². The Bertz CT molecular complexity index is 1220. The van der Waals surface area contributed by atoms with Crippen LogP contribution < -0.4 is 10.6 Å². The number of pyridine rings is 1. The van der Waals surface area contributed by atoms with Gasteiger partial charge in [-0.25, -0.2) is 4.98 Å². The standard InChI is InChI=1S/C20H13BrN4O3S/c21-13-8-12(10-22-11-13)19-24-16-9-14(3-5-17(16)28-19)23-20(29)25-18(26)6-4-15-2-1-7-27-15/h1-11H,(H2,23,25,26,29)/b6-4+. The van der Waals surface area contributed by atoms with Gasteiger partial charge in [-0.15, -0.1) is 0 Å². The average Bonchev–Trinajstić information content (AvgIpc) is 3.35. The van der Waals surface area contributed by atoms with Crippen molar-refractivity contribution in [2.75, 3.05) is 5.32 Å². The molecule has 0 saturated carbocycles. The lowest BCUT2D eigenvalue weighted by Gasteiger charge is -2.07. The predicted molar refractivity (Wildman–Crippen MR) is 117 cm³/mol. The Balaban J connectivity index is 1.44. The van der Waals surface area contributed by atoms with E-state index in [0.717, 1.165) is 10.0 Å². The fraction of sp³-hybridized carbons (Fsp3) is 0. The van der Waals surface area contributed by atoms with Gasteiger partial charge in [0.15, 0.2) is 10.7 Å². The van der Waals surface area contributed by atoms with Crippen molar-refractivity contribution >= 4 is 62.0 Å². The van der Waals surface area contributed by atoms with Crippen molar-refractivity contribution in [3.63, 3.8) is 0 Å². The number of amides is 1. The number of hydrogen-bond donors (Lipinski definition) is 2. The summed E-state index contributed by atoms with van der Waals surface area (Å²) in [6.07, 6.45) is 7.79. The minimum absolute atomic E-state index is 0.165. The number of nitrogens with one attached hydrogen (secondary N) is 2. The summed E-state index contributed by atoms with van der Waals surface area (Å²) in [5, 5.41) is 5.69. The molecular weight excluding hydrogens is 456 g/mol. The Morgan fingerprint density at radius 3 is 2.90 bits per heavy atom. The van der Waals surface area contributed by atoms with Crippen LogP contribution in [0.15, 0.2) is 74.4 Å². The summed E-state index contributed by atoms with van der Waals surface area (Å²) in [5.41, 5.74) is 2.71. The van der Waals surface area contributed by atoms with E-state index in [0.29, 0.717) is 28.4 Å². The molecule has 4 rings (SSSR count). The Labute approximate surface area is 179 Å². The molecule has 0 spiro atoms. The van der Waals surface area contributed by atoms with Crippen molar-refractivity contribution in [1.29, 1.82) is 0 Å². The molecule has 0 aliphatic heterocycles. The molecule has 4 aromatic rings. The van der Waals surface area contributed by atoms with Gasteiger partial charge in [0.1, 0.15) is 11.3 Å². The van der Waals surface area contributed by atoms with Gasteiger partial charge in [0, 0.05) is 28.6 Å². The summed E-state index contributed by atoms with van der Waals surface area (Å²) < 4.78 is 11.7. The van der Waals surface area contributed by atoms with E-state index in [1.54, 1.807) is 48.8 Å². The Kier molecular flexibility index (Phi) is 5.50. The number of halogens is 1. The number of aromatic nitrogens is 2. The first-order chi connectivity index (χ1) is 14.1. The second kappa shape index (κ2) is 8.38. The number of nitrogens with zero attached hydrogens (tertiary/aromatic N) is 2. The lowest BCUT2D eigenvalue weighted by Crippen LogP contribution is -2.32. The van der Waals surface area contributed by atoms with Crippen LogP contribution in [-0.4, -0.2) is 21.0 Å². The van der Waals surface area contributed by atoms with E-state index in [2.05, 4.69) is 36.5 Å². The fourth-order valence-corrected chi connectivity index (χ4v) is 3.10. The number of furan rings is 1. The number of carbonyl (C=O) groups is 1. The van der Waals surface area contributed by atoms with E-state index in [4.69, 9.17) is 21.1 Å². The first kappa shape index (κ1) is 19.0. The molecule has 0 aliphatic rings. The highest BCUT2D eigenvalue weighted by Gasteiger charge is 2.10. The zero-order valence-electron chi connectivity index (χ0n) is 14.8. The van der Waals surface area contributed by atoms with E-state index in [1.165, 1.54) is 12.3 Å². The van der Waals surface area contributed by atoms with Gasteiger partial charge in [-0.1, -0.05) is 0 Å². The number of fused-ring (bicyclic) bond motifs is 1. The topological polar surface area (TPSA) is 93.2 Å². The van der Waals surface area contributed by atoms with Gasteiger partial charge < -0.3 is 14.2 Å². The smallest absolute Gasteiger partial charge is 0.250 e. The van der Waals surface area contributed by atoms with Crippen LogP contribution >= 0.6 is 28.1 Å². The molecular formula is C20H13BrN4O3S. The van der Waals surface area contributed by atoms with Gasteiger partial charge in [0.25, 0.3) is 0 Å². The quantitative estimate of drug-likeness (QED) is 0.329. The first-order valence-corrected chi connectivity index (χ1v) is 9.62. The zero-order valence-corrected chi connectivity index (χ0v) is 17.2. The van der Waals surface area contributed by atoms with E-state index >= 15 is 0 Å². The molecule has 0 fully saturated rings. The van der Waals surface area contributed by atoms with Crippen LogP contribution in [0.5, 0.6) is 0 Å². The normalized spacial score (nSPS) is 11.1. The molecule has 144 valence electrons. The molecule has 0 saturated heterocycles. The lowest BCUT2D eigenvalue weighted by molar-refractivity contribution is -0.115. The Morgan fingerprint density at radius 2 is 2.10 bits per heavy atom. The van der Waals surface area contributed by atoms with Crippen LogP contribution in [0.3, 0.4) is 0 Å². The van der Waals surface area contributed by atoms with Crippen LogP contribution in [-0.2, 0) is 4.79 Å². The number of rotatable bonds is 4. The van der Waals surface area contributed by atoms with Crippen molar-refractivity contribution < 1.29 is 13.6 Å². The average molecular weight is 469 g/mol. The number of thiocarbonyl (C=S) groups is 1. The third-order valence-electron chi connectivity index (χ3n) is 3.78. The molecule has 9 heteroatoms. The highest BCUT2D eigenvalue weighted by Crippen LogP contribution is 2.27. The first-order valence-electron chi connectivity index (χ1n) is 8.42. The van der Waals surface area contributed by atoms with Gasteiger partial charge in [0.05, 0.1) is 11.8 Å². The number of oxazole rings is 1. The van der Waals surface area contributed by atoms with Crippen LogP contribution in [0.1, 0.15) is 5.76 Å². The molecule has 2 N–H and O–H groups in total. The summed E-state index contributed by atoms with van der Waals surface area (Å²) in [6, 6.07) is 10.7. The number of carbonyl (C=O) groups excluding carboxylic acids is 1. The molecule has 3 aromatic heterocycles. The van der Waals surface area contributed by atoms with E-state index in [9.17, 15) is 4.79 Å². The highest BCUT2D eigenvalue weighted by molar-refractivity contribution is 9.10. The Hall–Kier alpha value is -3.30. The second-order valence-electron chi connectivity index (χ2n) is 5.89. The van der Waals surface area contributed by atoms with Crippen molar-refractivity contribution in [2.24, 2.45) is 0 Å². The second-order valence-corrected chi connectivity index (χ2v) is 7.21. The molecule has 7 nitrogen and oxygen atoms in total. The Morgan fingerprint density at radius 1 is 1.21 bits per heavy atom. The molecule has 0 aliphatic carbocycles. The molecule has 0 atom stereocenters. The molecule has 29 heavy (non-hydrogen) atoms. The molecule has 3 heterocycles. The van der Waals surface area contributed by atoms with E-state index in [1.807, 2.05) is 6.07 Å². The highest BCUT2D eigenvalue weighted by atomic mass is 79.9. The van der Waals surface area contributed by atoms with Gasteiger partial charge in [-0.3, -0.25) is 15.1 Å². The summed E-state index contributed by atoms with van der Waals surface area (Å²) in [5.74, 6) is 0.669. The number of hydrogen-bond acceptors (Lipinski definition) is 6. The monoisotopic (exact) mass is 468 g/mol. The minimum Gasteiger partial charge on any atom is -0.465 e. The van der Waals surface area contributed by atoms with E-state index < -0.39 is 0 Å². The lowest BCUT2D eigenvalue weighted by atomic mass is 10.3. The SMILES string of the molecule is O=C(/C=C/c1ccco1)NC(=S)Nc1ccc2oc(-c3cncc(Br)c3)nc2c1. The summed E-state index contributed by atoms with van der Waals surface area (Å²) in [7, 11) is 0. The van der Waals surface area contributed by atoms with E-state index in [-0.39, 0.29) is 11.0 Å². The summed E-state index contributed by atoms with van der Waals surface area (Å²) in [6.45, 7) is 0. The summed E-state index contributed by atoms with van der Waals surface area (Å²) >= 11 is 8.57.